The highest BCUT2D eigenvalue weighted by atomic mass is 16.8. The van der Waals surface area contributed by atoms with E-state index in [1.54, 1.807) is 48.5 Å². The Kier molecular flexibility index (Phi) is 7.25. The van der Waals surface area contributed by atoms with Gasteiger partial charge >= 0.3 is 17.8 Å². The first-order valence-corrected chi connectivity index (χ1v) is 11.2. The molecule has 2 aliphatic rings. The number of aromatic nitrogens is 2. The van der Waals surface area contributed by atoms with Gasteiger partial charge in [-0.15, -0.1) is 0 Å². The van der Waals surface area contributed by atoms with Crippen LogP contribution in [0.15, 0.2) is 21.9 Å². The van der Waals surface area contributed by atoms with Crippen LogP contribution in [0.25, 0.3) is 0 Å². The van der Waals surface area contributed by atoms with Gasteiger partial charge in [0.15, 0.2) is 12.0 Å². The van der Waals surface area contributed by atoms with Gasteiger partial charge in [-0.3, -0.25) is 14.3 Å². The molecule has 0 bridgehead atoms. The smallest absolute Gasteiger partial charge is 0.408 e. The number of aromatic amines is 1. The third-order valence-corrected chi connectivity index (χ3v) is 5.23. The molecule has 0 aliphatic carbocycles. The van der Waals surface area contributed by atoms with Crippen molar-refractivity contribution in [3.05, 3.63) is 33.1 Å². The molecule has 3 rings (SSSR count). The van der Waals surface area contributed by atoms with Gasteiger partial charge < -0.3 is 29.0 Å². The fourth-order valence-corrected chi connectivity index (χ4v) is 3.83. The number of fused-ring (bicyclic) bond motifs is 1. The summed E-state index contributed by atoms with van der Waals surface area (Å²) in [4.78, 5) is 50.9. The van der Waals surface area contributed by atoms with E-state index in [1.165, 1.54) is 16.8 Å². The number of esters is 1. The Hall–Kier alpha value is -2.70. The first kappa shape index (κ1) is 25.9. The van der Waals surface area contributed by atoms with E-state index in [0.29, 0.717) is 0 Å². The van der Waals surface area contributed by atoms with Crippen molar-refractivity contribution in [2.24, 2.45) is 5.92 Å². The lowest BCUT2D eigenvalue weighted by Gasteiger charge is -2.26. The van der Waals surface area contributed by atoms with Crippen molar-refractivity contribution < 1.29 is 33.3 Å². The number of amides is 1. The number of carbonyl (C=O) groups excluding carboxylic acids is 2. The van der Waals surface area contributed by atoms with Crippen LogP contribution in [0.4, 0.5) is 4.79 Å². The predicted octanol–water partition coefficient (Wildman–Crippen LogP) is 1.05. The van der Waals surface area contributed by atoms with E-state index < -0.39 is 65.3 Å². The quantitative estimate of drug-likeness (QED) is 0.567. The van der Waals surface area contributed by atoms with Crippen molar-refractivity contribution in [2.45, 2.75) is 90.4 Å². The molecular weight excluding hydrogens is 450 g/mol. The van der Waals surface area contributed by atoms with Crippen LogP contribution in [0.2, 0.25) is 0 Å². The van der Waals surface area contributed by atoms with E-state index in [9.17, 15) is 19.2 Å². The van der Waals surface area contributed by atoms with Gasteiger partial charge in [0.2, 0.25) is 0 Å². The van der Waals surface area contributed by atoms with Crippen LogP contribution in [0.1, 0.15) is 54.7 Å². The van der Waals surface area contributed by atoms with Crippen LogP contribution >= 0.6 is 0 Å². The number of nitrogens with one attached hydrogen (secondary N) is 2. The predicted molar refractivity (Wildman–Crippen MR) is 118 cm³/mol. The number of nitrogens with zero attached hydrogens (tertiary/aromatic N) is 1. The van der Waals surface area contributed by atoms with Gasteiger partial charge in [0, 0.05) is 12.3 Å². The molecule has 1 unspecified atom stereocenters. The zero-order chi connectivity index (χ0) is 25.4. The standard InChI is InChI=1S/C22H33N3O9/c1-11(2)14(24-20(29)34-21(3,4)5)18(27)30-10-12-15-16(33-22(6,7)32-15)17(31-12)25-9-8-13(26)23-19(25)28/h8-9,11-12,14-17H,10H2,1-7H3,(H,24,29)(H,23,26,28)/t12-,14+,15-,16-,17?/m1/s1. The SMILES string of the molecule is CC(C)[C@H](NC(=O)OC(C)(C)C)C(=O)OC[C@H]1OC(n2ccc(=O)[nH]c2=O)[C@@H]2OC(C)(C)O[C@H]12. The Morgan fingerprint density at radius 3 is 2.44 bits per heavy atom. The lowest BCUT2D eigenvalue weighted by Crippen LogP contribution is -2.48. The fourth-order valence-electron chi connectivity index (χ4n) is 3.83. The number of alkyl carbamates (subject to hydrolysis) is 1. The summed E-state index contributed by atoms with van der Waals surface area (Å²) in [7, 11) is 0. The first-order valence-electron chi connectivity index (χ1n) is 11.2. The fraction of sp³-hybridized carbons (Fsp3) is 0.727. The lowest BCUT2D eigenvalue weighted by atomic mass is 10.1. The minimum Gasteiger partial charge on any atom is -0.461 e. The minimum absolute atomic E-state index is 0.201. The van der Waals surface area contributed by atoms with Gasteiger partial charge in [0.1, 0.15) is 36.6 Å². The molecule has 0 radical (unpaired) electrons. The van der Waals surface area contributed by atoms with E-state index in [1.807, 2.05) is 0 Å². The van der Waals surface area contributed by atoms with Gasteiger partial charge in [-0.05, 0) is 40.5 Å². The molecule has 2 fully saturated rings. The summed E-state index contributed by atoms with van der Waals surface area (Å²) < 4.78 is 29.8. The Balaban J connectivity index is 1.71. The summed E-state index contributed by atoms with van der Waals surface area (Å²) in [6.45, 7) is 11.9. The van der Waals surface area contributed by atoms with Crippen LogP contribution in [-0.2, 0) is 28.5 Å². The molecule has 2 saturated heterocycles. The highest BCUT2D eigenvalue weighted by Gasteiger charge is 2.56. The van der Waals surface area contributed by atoms with Crippen molar-refractivity contribution in [3.63, 3.8) is 0 Å². The Bertz CT molecular complexity index is 1020. The van der Waals surface area contributed by atoms with Gasteiger partial charge in [-0.25, -0.2) is 14.4 Å². The molecule has 3 heterocycles. The second-order valence-corrected chi connectivity index (χ2v) is 10.1. The summed E-state index contributed by atoms with van der Waals surface area (Å²) in [5, 5.41) is 2.54. The molecule has 0 spiro atoms. The molecule has 190 valence electrons. The first-order chi connectivity index (χ1) is 15.7. The number of ether oxygens (including phenoxy) is 5. The lowest BCUT2D eigenvalue weighted by molar-refractivity contribution is -0.203. The molecule has 2 N–H and O–H groups in total. The highest BCUT2D eigenvalue weighted by Crippen LogP contribution is 2.42. The molecule has 0 saturated carbocycles. The molecule has 5 atom stereocenters. The number of H-pyrrole nitrogens is 1. The van der Waals surface area contributed by atoms with Gasteiger partial charge in [-0.2, -0.15) is 0 Å². The maximum atomic E-state index is 12.8. The molecule has 1 amide bonds. The summed E-state index contributed by atoms with van der Waals surface area (Å²) in [6.07, 6.45) is -2.39. The second kappa shape index (κ2) is 9.51. The van der Waals surface area contributed by atoms with Crippen LogP contribution in [0.5, 0.6) is 0 Å². The van der Waals surface area contributed by atoms with E-state index in [4.69, 9.17) is 23.7 Å². The van der Waals surface area contributed by atoms with Gasteiger partial charge in [0.25, 0.3) is 5.56 Å². The topological polar surface area (TPSA) is 147 Å². The number of rotatable bonds is 6. The van der Waals surface area contributed by atoms with Gasteiger partial charge in [-0.1, -0.05) is 13.8 Å². The largest absolute Gasteiger partial charge is 0.461 e. The maximum absolute atomic E-state index is 12.8. The molecule has 1 aromatic heterocycles. The van der Waals surface area contributed by atoms with Gasteiger partial charge in [0.05, 0.1) is 0 Å². The number of hydrogen-bond donors (Lipinski definition) is 2. The molecule has 0 aromatic carbocycles. The van der Waals surface area contributed by atoms with Crippen LogP contribution in [-0.4, -0.2) is 64.0 Å². The third-order valence-electron chi connectivity index (χ3n) is 5.23. The Morgan fingerprint density at radius 1 is 1.21 bits per heavy atom. The second-order valence-electron chi connectivity index (χ2n) is 10.1. The monoisotopic (exact) mass is 483 g/mol. The average Bonchev–Trinajstić information content (AvgIpc) is 3.16. The highest BCUT2D eigenvalue weighted by molar-refractivity contribution is 5.81. The Labute approximate surface area is 196 Å². The van der Waals surface area contributed by atoms with Crippen LogP contribution < -0.4 is 16.6 Å². The van der Waals surface area contributed by atoms with Crippen molar-refractivity contribution >= 4 is 12.1 Å². The molecule has 1 aromatic rings. The summed E-state index contributed by atoms with van der Waals surface area (Å²) in [6, 6.07) is 0.255. The van der Waals surface area contributed by atoms with Crippen molar-refractivity contribution in [1.82, 2.24) is 14.9 Å². The van der Waals surface area contributed by atoms with E-state index in [-0.39, 0.29) is 12.5 Å². The number of carbonyl (C=O) groups is 2. The Morgan fingerprint density at radius 2 is 1.85 bits per heavy atom. The van der Waals surface area contributed by atoms with Crippen molar-refractivity contribution in [2.75, 3.05) is 6.61 Å². The van der Waals surface area contributed by atoms with E-state index in [2.05, 4.69) is 10.3 Å². The van der Waals surface area contributed by atoms with E-state index in [0.717, 1.165) is 0 Å². The molecule has 12 heteroatoms. The van der Waals surface area contributed by atoms with Crippen LogP contribution in [0.3, 0.4) is 0 Å². The zero-order valence-corrected chi connectivity index (χ0v) is 20.4. The average molecular weight is 484 g/mol. The zero-order valence-electron chi connectivity index (χ0n) is 20.4. The molecular formula is C22H33N3O9. The third kappa shape index (κ3) is 6.05. The summed E-state index contributed by atoms with van der Waals surface area (Å²) in [5.74, 6) is -1.89. The maximum Gasteiger partial charge on any atom is 0.408 e. The van der Waals surface area contributed by atoms with Crippen molar-refractivity contribution in [3.8, 4) is 0 Å². The number of hydrogen-bond acceptors (Lipinski definition) is 9. The van der Waals surface area contributed by atoms with E-state index >= 15 is 0 Å². The molecule has 34 heavy (non-hydrogen) atoms. The summed E-state index contributed by atoms with van der Waals surface area (Å²) in [5.41, 5.74) is -1.92. The van der Waals surface area contributed by atoms with Crippen LogP contribution in [0, 0.1) is 5.92 Å². The van der Waals surface area contributed by atoms with Crippen molar-refractivity contribution in [1.29, 1.82) is 0 Å². The molecule has 12 nitrogen and oxygen atoms in total. The molecule has 2 aliphatic heterocycles. The normalized spacial score (nSPS) is 26.7. The minimum atomic E-state index is -0.954. The summed E-state index contributed by atoms with van der Waals surface area (Å²) >= 11 is 0.